The zero-order chi connectivity index (χ0) is 13.3. The van der Waals surface area contributed by atoms with E-state index in [-0.39, 0.29) is 23.1 Å². The molecule has 18 heavy (non-hydrogen) atoms. The molecular weight excluding hydrogens is 256 g/mol. The van der Waals surface area contributed by atoms with E-state index in [1.165, 1.54) is 24.2 Å². The second-order valence-corrected chi connectivity index (χ2v) is 6.61. The van der Waals surface area contributed by atoms with E-state index < -0.39 is 21.3 Å². The van der Waals surface area contributed by atoms with Crippen LogP contribution in [-0.2, 0) is 9.84 Å². The fourth-order valence-corrected chi connectivity index (χ4v) is 3.80. The van der Waals surface area contributed by atoms with Crippen molar-refractivity contribution < 1.29 is 13.2 Å². The Labute approximate surface area is 105 Å². The summed E-state index contributed by atoms with van der Waals surface area (Å²) in [6.45, 7) is 0. The molecule has 2 heterocycles. The predicted octanol–water partition coefficient (Wildman–Crippen LogP) is -0.366. The minimum atomic E-state index is -3.05. The standard InChI is InChI=1S/C11H14N2O4S/c1-13(8-4-6-18(16,17)7-8)11(15)9-3-2-5-12-10(9)14/h2-3,5,8H,4,6-7H2,1H3,(H,12,14)/t8-/m1/s1. The first-order chi connectivity index (χ1) is 8.41. The number of nitrogens with zero attached hydrogens (tertiary/aromatic N) is 1. The van der Waals surface area contributed by atoms with E-state index in [0.717, 1.165) is 0 Å². The lowest BCUT2D eigenvalue weighted by Crippen LogP contribution is -2.40. The maximum Gasteiger partial charge on any atom is 0.260 e. The smallest absolute Gasteiger partial charge is 0.260 e. The van der Waals surface area contributed by atoms with Crippen LogP contribution in [0.4, 0.5) is 0 Å². The lowest BCUT2D eigenvalue weighted by atomic mass is 10.2. The van der Waals surface area contributed by atoms with Crippen molar-refractivity contribution in [3.63, 3.8) is 0 Å². The largest absolute Gasteiger partial charge is 0.337 e. The fourth-order valence-electron chi connectivity index (χ4n) is 2.03. The molecule has 1 amide bonds. The number of nitrogens with one attached hydrogen (secondary N) is 1. The summed E-state index contributed by atoms with van der Waals surface area (Å²) in [6, 6.07) is 2.65. The minimum Gasteiger partial charge on any atom is -0.337 e. The number of sulfone groups is 1. The predicted molar refractivity (Wildman–Crippen MR) is 66.2 cm³/mol. The first-order valence-electron chi connectivity index (χ1n) is 5.56. The maximum atomic E-state index is 12.1. The van der Waals surface area contributed by atoms with Crippen molar-refractivity contribution in [2.75, 3.05) is 18.6 Å². The Morgan fingerprint density at radius 1 is 1.50 bits per heavy atom. The van der Waals surface area contributed by atoms with Gasteiger partial charge in [-0.1, -0.05) is 0 Å². The van der Waals surface area contributed by atoms with E-state index in [1.807, 2.05) is 0 Å². The van der Waals surface area contributed by atoms with Crippen LogP contribution in [0.25, 0.3) is 0 Å². The second-order valence-electron chi connectivity index (χ2n) is 4.39. The number of carbonyl (C=O) groups is 1. The summed E-state index contributed by atoms with van der Waals surface area (Å²) in [4.78, 5) is 27.3. The Morgan fingerprint density at radius 3 is 2.78 bits per heavy atom. The molecular formula is C11H14N2O4S. The van der Waals surface area contributed by atoms with E-state index in [2.05, 4.69) is 4.98 Å². The van der Waals surface area contributed by atoms with Gasteiger partial charge in [-0.05, 0) is 18.6 Å². The molecule has 1 aliphatic rings. The average Bonchev–Trinajstić information content (AvgIpc) is 2.68. The summed E-state index contributed by atoms with van der Waals surface area (Å²) in [7, 11) is -1.52. The molecule has 2 rings (SSSR count). The number of carbonyl (C=O) groups excluding carboxylic acids is 1. The van der Waals surface area contributed by atoms with E-state index in [0.29, 0.717) is 6.42 Å². The molecule has 1 N–H and O–H groups in total. The van der Waals surface area contributed by atoms with E-state index in [1.54, 1.807) is 6.07 Å². The van der Waals surface area contributed by atoms with Crippen LogP contribution in [0.15, 0.2) is 23.1 Å². The summed E-state index contributed by atoms with van der Waals surface area (Å²) >= 11 is 0. The summed E-state index contributed by atoms with van der Waals surface area (Å²) in [6.07, 6.45) is 1.87. The van der Waals surface area contributed by atoms with Crippen LogP contribution in [0.2, 0.25) is 0 Å². The van der Waals surface area contributed by atoms with E-state index in [9.17, 15) is 18.0 Å². The number of hydrogen-bond acceptors (Lipinski definition) is 4. The summed E-state index contributed by atoms with van der Waals surface area (Å²) in [5.74, 6) is -0.376. The molecule has 1 aromatic heterocycles. The molecule has 1 atom stereocenters. The van der Waals surface area contributed by atoms with Crippen LogP contribution in [0.1, 0.15) is 16.8 Å². The molecule has 0 radical (unpaired) electrons. The number of rotatable bonds is 2. The van der Waals surface area contributed by atoms with Gasteiger partial charge in [0.1, 0.15) is 5.56 Å². The number of hydrogen-bond donors (Lipinski definition) is 1. The van der Waals surface area contributed by atoms with E-state index in [4.69, 9.17) is 0 Å². The summed E-state index contributed by atoms with van der Waals surface area (Å²) in [5, 5.41) is 0. The Kier molecular flexibility index (Phi) is 3.25. The third kappa shape index (κ3) is 2.45. The van der Waals surface area contributed by atoms with Gasteiger partial charge in [-0.2, -0.15) is 0 Å². The molecule has 1 aromatic rings. The van der Waals surface area contributed by atoms with Crippen molar-refractivity contribution in [2.45, 2.75) is 12.5 Å². The van der Waals surface area contributed by atoms with Crippen molar-refractivity contribution in [2.24, 2.45) is 0 Å². The molecule has 0 aromatic carbocycles. The zero-order valence-electron chi connectivity index (χ0n) is 9.92. The highest BCUT2D eigenvalue weighted by Crippen LogP contribution is 2.17. The van der Waals surface area contributed by atoms with Gasteiger partial charge in [0, 0.05) is 19.3 Å². The lowest BCUT2D eigenvalue weighted by molar-refractivity contribution is 0.0746. The van der Waals surface area contributed by atoms with Gasteiger partial charge in [0.05, 0.1) is 11.5 Å². The highest BCUT2D eigenvalue weighted by molar-refractivity contribution is 7.91. The Balaban J connectivity index is 2.21. The van der Waals surface area contributed by atoms with Gasteiger partial charge in [0.25, 0.3) is 11.5 Å². The lowest BCUT2D eigenvalue weighted by Gasteiger charge is -2.22. The number of H-pyrrole nitrogens is 1. The fraction of sp³-hybridized carbons (Fsp3) is 0.455. The molecule has 0 aliphatic carbocycles. The number of amides is 1. The Morgan fingerprint density at radius 2 is 2.22 bits per heavy atom. The van der Waals surface area contributed by atoms with Gasteiger partial charge in [0.2, 0.25) is 0 Å². The van der Waals surface area contributed by atoms with Crippen molar-refractivity contribution in [1.82, 2.24) is 9.88 Å². The Hall–Kier alpha value is -1.63. The third-order valence-corrected chi connectivity index (χ3v) is 4.88. The highest BCUT2D eigenvalue weighted by atomic mass is 32.2. The Bertz CT molecular complexity index is 620. The maximum absolute atomic E-state index is 12.1. The van der Waals surface area contributed by atoms with Crippen LogP contribution in [0, 0.1) is 0 Å². The van der Waals surface area contributed by atoms with Crippen LogP contribution in [-0.4, -0.2) is 48.8 Å². The number of aromatic amines is 1. The summed E-state index contributed by atoms with van der Waals surface area (Å²) in [5.41, 5.74) is -0.431. The molecule has 98 valence electrons. The monoisotopic (exact) mass is 270 g/mol. The molecule has 7 heteroatoms. The second kappa shape index (κ2) is 4.56. The SMILES string of the molecule is CN(C(=O)c1ccc[nH]c1=O)[C@@H]1CCS(=O)(=O)C1. The third-order valence-electron chi connectivity index (χ3n) is 3.13. The molecule has 1 aliphatic heterocycles. The minimum absolute atomic E-state index is 0.0278. The van der Waals surface area contributed by atoms with Crippen molar-refractivity contribution in [3.8, 4) is 0 Å². The van der Waals surface area contributed by atoms with Crippen LogP contribution in [0.3, 0.4) is 0 Å². The van der Waals surface area contributed by atoms with Crippen molar-refractivity contribution in [3.05, 3.63) is 34.2 Å². The van der Waals surface area contributed by atoms with Crippen LogP contribution >= 0.6 is 0 Å². The quantitative estimate of drug-likeness (QED) is 0.794. The van der Waals surface area contributed by atoms with Crippen molar-refractivity contribution in [1.29, 1.82) is 0 Å². The molecule has 1 saturated heterocycles. The van der Waals surface area contributed by atoms with E-state index >= 15 is 0 Å². The first-order valence-corrected chi connectivity index (χ1v) is 7.38. The van der Waals surface area contributed by atoms with Gasteiger partial charge in [-0.15, -0.1) is 0 Å². The molecule has 0 saturated carbocycles. The van der Waals surface area contributed by atoms with Gasteiger partial charge in [-0.25, -0.2) is 8.42 Å². The normalized spacial score (nSPS) is 21.7. The summed E-state index contributed by atoms with van der Waals surface area (Å²) < 4.78 is 22.7. The average molecular weight is 270 g/mol. The first kappa shape index (κ1) is 12.8. The highest BCUT2D eigenvalue weighted by Gasteiger charge is 2.33. The van der Waals surface area contributed by atoms with Crippen LogP contribution < -0.4 is 5.56 Å². The zero-order valence-corrected chi connectivity index (χ0v) is 10.7. The van der Waals surface area contributed by atoms with Gasteiger partial charge >= 0.3 is 0 Å². The van der Waals surface area contributed by atoms with Crippen molar-refractivity contribution >= 4 is 15.7 Å². The van der Waals surface area contributed by atoms with Gasteiger partial charge in [0.15, 0.2) is 9.84 Å². The molecule has 6 nitrogen and oxygen atoms in total. The molecule has 0 spiro atoms. The molecule has 0 bridgehead atoms. The van der Waals surface area contributed by atoms with Gasteiger partial charge < -0.3 is 9.88 Å². The van der Waals surface area contributed by atoms with Crippen LogP contribution in [0.5, 0.6) is 0 Å². The topological polar surface area (TPSA) is 87.3 Å². The molecule has 1 fully saturated rings. The molecule has 0 unspecified atom stereocenters. The number of aromatic nitrogens is 1. The van der Waals surface area contributed by atoms with Gasteiger partial charge in [-0.3, -0.25) is 9.59 Å². The number of pyridine rings is 1.